The minimum atomic E-state index is -0.142. The van der Waals surface area contributed by atoms with E-state index < -0.39 is 0 Å². The maximum atomic E-state index is 11.9. The topological polar surface area (TPSA) is 64.0 Å². The number of nitrogens with one attached hydrogen (secondary N) is 1. The van der Waals surface area contributed by atoms with Gasteiger partial charge in [0.15, 0.2) is 0 Å². The molecule has 2 rings (SSSR count). The molecule has 0 spiro atoms. The summed E-state index contributed by atoms with van der Waals surface area (Å²) < 4.78 is 1.83. The molecule has 0 atom stereocenters. The van der Waals surface area contributed by atoms with Crippen molar-refractivity contribution < 1.29 is 4.79 Å². The first-order valence-electron chi connectivity index (χ1n) is 6.12. The van der Waals surface area contributed by atoms with Crippen molar-refractivity contribution in [2.24, 2.45) is 7.05 Å². The Balaban J connectivity index is 1.97. The summed E-state index contributed by atoms with van der Waals surface area (Å²) in [7, 11) is 1.64. The summed E-state index contributed by atoms with van der Waals surface area (Å²) in [5.74, 6) is -0.110. The number of aryl methyl sites for hydroxylation is 2. The summed E-state index contributed by atoms with van der Waals surface area (Å²) in [4.78, 5) is 27.5. The van der Waals surface area contributed by atoms with Crippen molar-refractivity contribution in [3.05, 3.63) is 57.2 Å². The molecular weight excluding hydrogens is 322 g/mol. The standard InChI is InChI=1S/C14H14BrN3O2/c1-18-9-11(8-12(15)14(18)20)17-13(19)6-5-10-4-2-3-7-16-10/h2-4,7-9H,5-6H2,1H3,(H,17,19). The molecule has 0 bridgehead atoms. The molecular formula is C14H14BrN3O2. The first-order valence-corrected chi connectivity index (χ1v) is 6.91. The molecule has 0 radical (unpaired) electrons. The van der Waals surface area contributed by atoms with Crippen LogP contribution in [-0.4, -0.2) is 15.5 Å². The molecule has 6 heteroatoms. The Bertz CT molecular complexity index is 642. The second kappa shape index (κ2) is 6.47. The van der Waals surface area contributed by atoms with E-state index in [1.807, 2.05) is 18.2 Å². The van der Waals surface area contributed by atoms with E-state index in [1.165, 1.54) is 4.57 Å². The molecule has 104 valence electrons. The highest BCUT2D eigenvalue weighted by Gasteiger charge is 2.06. The van der Waals surface area contributed by atoms with Crippen molar-refractivity contribution in [2.75, 3.05) is 5.32 Å². The maximum absolute atomic E-state index is 11.9. The molecule has 0 unspecified atom stereocenters. The van der Waals surface area contributed by atoms with E-state index in [2.05, 4.69) is 26.2 Å². The number of amides is 1. The van der Waals surface area contributed by atoms with Crippen molar-refractivity contribution in [1.82, 2.24) is 9.55 Å². The van der Waals surface area contributed by atoms with Gasteiger partial charge < -0.3 is 9.88 Å². The van der Waals surface area contributed by atoms with Gasteiger partial charge in [-0.25, -0.2) is 0 Å². The van der Waals surface area contributed by atoms with Gasteiger partial charge in [0.1, 0.15) is 0 Å². The molecule has 0 aliphatic heterocycles. The van der Waals surface area contributed by atoms with E-state index in [-0.39, 0.29) is 11.5 Å². The minimum absolute atomic E-state index is 0.110. The van der Waals surface area contributed by atoms with Crippen LogP contribution in [0.25, 0.3) is 0 Å². The Morgan fingerprint density at radius 1 is 1.45 bits per heavy atom. The Hall–Kier alpha value is -1.95. The van der Waals surface area contributed by atoms with Crippen LogP contribution in [0.3, 0.4) is 0 Å². The highest BCUT2D eigenvalue weighted by molar-refractivity contribution is 9.10. The van der Waals surface area contributed by atoms with Gasteiger partial charge in [-0.15, -0.1) is 0 Å². The normalized spacial score (nSPS) is 10.3. The average molecular weight is 336 g/mol. The van der Waals surface area contributed by atoms with E-state index in [0.29, 0.717) is 23.0 Å². The van der Waals surface area contributed by atoms with Crippen LogP contribution in [-0.2, 0) is 18.3 Å². The number of anilines is 1. The lowest BCUT2D eigenvalue weighted by molar-refractivity contribution is -0.116. The number of carbonyl (C=O) groups excluding carboxylic acids is 1. The predicted octanol–water partition coefficient (Wildman–Crippen LogP) is 2.11. The molecule has 0 aliphatic carbocycles. The summed E-state index contributed by atoms with van der Waals surface area (Å²) in [5, 5.41) is 2.76. The molecule has 0 fully saturated rings. The van der Waals surface area contributed by atoms with Crippen LogP contribution in [0.5, 0.6) is 0 Å². The number of rotatable bonds is 4. The number of hydrogen-bond acceptors (Lipinski definition) is 3. The SMILES string of the molecule is Cn1cc(NC(=O)CCc2ccccn2)cc(Br)c1=O. The second-order valence-electron chi connectivity index (χ2n) is 4.36. The second-order valence-corrected chi connectivity index (χ2v) is 5.22. The van der Waals surface area contributed by atoms with Crippen LogP contribution in [0, 0.1) is 0 Å². The van der Waals surface area contributed by atoms with Gasteiger partial charge >= 0.3 is 0 Å². The third-order valence-electron chi connectivity index (χ3n) is 2.76. The Morgan fingerprint density at radius 3 is 2.90 bits per heavy atom. The van der Waals surface area contributed by atoms with Crippen molar-refractivity contribution in [1.29, 1.82) is 0 Å². The molecule has 20 heavy (non-hydrogen) atoms. The van der Waals surface area contributed by atoms with Gasteiger partial charge in [0.05, 0.1) is 10.2 Å². The molecule has 1 amide bonds. The van der Waals surface area contributed by atoms with Gasteiger partial charge in [0.2, 0.25) is 5.91 Å². The third-order valence-corrected chi connectivity index (χ3v) is 3.33. The highest BCUT2D eigenvalue weighted by atomic mass is 79.9. The lowest BCUT2D eigenvalue weighted by atomic mass is 10.2. The summed E-state index contributed by atoms with van der Waals surface area (Å²) in [5.41, 5.74) is 1.32. The lowest BCUT2D eigenvalue weighted by Gasteiger charge is -2.07. The molecule has 1 N–H and O–H groups in total. The van der Waals surface area contributed by atoms with E-state index in [4.69, 9.17) is 0 Å². The third kappa shape index (κ3) is 3.77. The van der Waals surface area contributed by atoms with Crippen molar-refractivity contribution in [3.8, 4) is 0 Å². The predicted molar refractivity (Wildman–Crippen MR) is 80.6 cm³/mol. The summed E-state index contributed by atoms with van der Waals surface area (Å²) >= 11 is 3.17. The fraction of sp³-hybridized carbons (Fsp3) is 0.214. The number of aromatic nitrogens is 2. The van der Waals surface area contributed by atoms with E-state index >= 15 is 0 Å². The van der Waals surface area contributed by atoms with Gasteiger partial charge in [0.25, 0.3) is 5.56 Å². The van der Waals surface area contributed by atoms with Crippen LogP contribution in [0.1, 0.15) is 12.1 Å². The van der Waals surface area contributed by atoms with Crippen molar-refractivity contribution >= 4 is 27.5 Å². The van der Waals surface area contributed by atoms with Gasteiger partial charge in [-0.3, -0.25) is 14.6 Å². The van der Waals surface area contributed by atoms with E-state index in [1.54, 1.807) is 25.5 Å². The average Bonchev–Trinajstić information content (AvgIpc) is 2.43. The van der Waals surface area contributed by atoms with Gasteiger partial charge in [-0.1, -0.05) is 6.07 Å². The first-order chi connectivity index (χ1) is 9.56. The van der Waals surface area contributed by atoms with Gasteiger partial charge in [-0.05, 0) is 40.5 Å². The number of nitrogens with zero attached hydrogens (tertiary/aromatic N) is 2. The zero-order valence-corrected chi connectivity index (χ0v) is 12.6. The monoisotopic (exact) mass is 335 g/mol. The smallest absolute Gasteiger partial charge is 0.264 e. The number of hydrogen-bond donors (Lipinski definition) is 1. The Kier molecular flexibility index (Phi) is 4.68. The molecule has 2 aromatic heterocycles. The summed E-state index contributed by atoms with van der Waals surface area (Å²) in [6.45, 7) is 0. The maximum Gasteiger partial charge on any atom is 0.264 e. The van der Waals surface area contributed by atoms with Crippen LogP contribution in [0.4, 0.5) is 5.69 Å². The van der Waals surface area contributed by atoms with Gasteiger partial charge in [0, 0.05) is 31.6 Å². The molecule has 5 nitrogen and oxygen atoms in total. The molecule has 0 saturated heterocycles. The van der Waals surface area contributed by atoms with Crippen LogP contribution in [0.15, 0.2) is 45.9 Å². The van der Waals surface area contributed by atoms with Gasteiger partial charge in [-0.2, -0.15) is 0 Å². The Labute approximate surface area is 124 Å². The fourth-order valence-electron chi connectivity index (χ4n) is 1.75. The number of halogens is 1. The largest absolute Gasteiger partial charge is 0.325 e. The minimum Gasteiger partial charge on any atom is -0.325 e. The quantitative estimate of drug-likeness (QED) is 0.930. The fourth-order valence-corrected chi connectivity index (χ4v) is 2.28. The summed E-state index contributed by atoms with van der Waals surface area (Å²) in [6.07, 6.45) is 4.22. The van der Waals surface area contributed by atoms with E-state index in [0.717, 1.165) is 5.69 Å². The zero-order valence-electron chi connectivity index (χ0n) is 11.0. The van der Waals surface area contributed by atoms with Crippen molar-refractivity contribution in [2.45, 2.75) is 12.8 Å². The molecule has 0 saturated carbocycles. The van der Waals surface area contributed by atoms with Crippen LogP contribution >= 0.6 is 15.9 Å². The highest BCUT2D eigenvalue weighted by Crippen LogP contribution is 2.12. The van der Waals surface area contributed by atoms with Crippen LogP contribution in [0.2, 0.25) is 0 Å². The molecule has 0 aromatic carbocycles. The zero-order chi connectivity index (χ0) is 14.5. The number of carbonyl (C=O) groups is 1. The number of pyridine rings is 2. The summed E-state index contributed by atoms with van der Waals surface area (Å²) in [6, 6.07) is 7.22. The lowest BCUT2D eigenvalue weighted by Crippen LogP contribution is -2.19. The molecule has 0 aliphatic rings. The van der Waals surface area contributed by atoms with Crippen molar-refractivity contribution in [3.63, 3.8) is 0 Å². The van der Waals surface area contributed by atoms with Crippen LogP contribution < -0.4 is 10.9 Å². The first kappa shape index (κ1) is 14.5. The molecule has 2 aromatic rings. The molecule has 2 heterocycles. The Morgan fingerprint density at radius 2 is 2.25 bits per heavy atom. The van der Waals surface area contributed by atoms with E-state index in [9.17, 15) is 9.59 Å².